The maximum absolute atomic E-state index is 14.0. The molecule has 1 aromatic carbocycles. The predicted octanol–water partition coefficient (Wildman–Crippen LogP) is 3.83. The third-order valence-corrected chi connectivity index (χ3v) is 5.51. The Morgan fingerprint density at radius 3 is 2.78 bits per heavy atom. The molecule has 2 aromatic rings. The van der Waals surface area contributed by atoms with Crippen LogP contribution in [0.4, 0.5) is 15.1 Å². The van der Waals surface area contributed by atoms with Gasteiger partial charge in [-0.2, -0.15) is 5.26 Å². The first-order valence-corrected chi connectivity index (χ1v) is 12.1. The molecule has 2 heterocycles. The van der Waals surface area contributed by atoms with Crippen LogP contribution in [0.3, 0.4) is 0 Å². The van der Waals surface area contributed by atoms with Gasteiger partial charge in [0.1, 0.15) is 11.4 Å². The van der Waals surface area contributed by atoms with Gasteiger partial charge >= 0.3 is 6.09 Å². The highest BCUT2D eigenvalue weighted by molar-refractivity contribution is 5.68. The minimum atomic E-state index is -0.615. The normalized spacial score (nSPS) is 15.9. The van der Waals surface area contributed by atoms with Crippen molar-refractivity contribution >= 4 is 12.0 Å². The number of ether oxygens (including phenoxy) is 2. The number of nitrogens with zero attached hydrogens (tertiary/aromatic N) is 4. The second-order valence-corrected chi connectivity index (χ2v) is 10.4. The molecule has 1 N–H and O–H groups in total. The zero-order valence-electron chi connectivity index (χ0n) is 21.5. The van der Waals surface area contributed by atoms with E-state index in [4.69, 9.17) is 9.47 Å². The fraction of sp³-hybridized carbons (Fsp3) is 0.538. The van der Waals surface area contributed by atoms with Crippen LogP contribution in [0.1, 0.15) is 58.6 Å². The molecule has 1 atom stereocenters. The summed E-state index contributed by atoms with van der Waals surface area (Å²) in [5, 5.41) is 12.4. The molecule has 194 valence electrons. The van der Waals surface area contributed by atoms with E-state index in [9.17, 15) is 19.2 Å². The molecule has 1 saturated heterocycles. The maximum atomic E-state index is 14.0. The molecule has 1 fully saturated rings. The van der Waals surface area contributed by atoms with E-state index in [-0.39, 0.29) is 29.8 Å². The van der Waals surface area contributed by atoms with E-state index < -0.39 is 23.1 Å². The Bertz CT molecular complexity index is 1180. The van der Waals surface area contributed by atoms with E-state index in [2.05, 4.69) is 16.4 Å². The molecule has 0 saturated carbocycles. The summed E-state index contributed by atoms with van der Waals surface area (Å²) in [5.41, 5.74) is -0.402. The average molecular weight is 500 g/mol. The summed E-state index contributed by atoms with van der Waals surface area (Å²) in [4.78, 5) is 32.2. The highest BCUT2D eigenvalue weighted by Crippen LogP contribution is 2.21. The van der Waals surface area contributed by atoms with Crippen molar-refractivity contribution in [3.63, 3.8) is 0 Å². The Labute approximate surface area is 210 Å². The van der Waals surface area contributed by atoms with Crippen molar-refractivity contribution in [3.05, 3.63) is 51.7 Å². The molecule has 1 aliphatic rings. The number of piperidine rings is 1. The molecule has 0 radical (unpaired) electrons. The van der Waals surface area contributed by atoms with Crippen molar-refractivity contribution in [3.8, 4) is 11.8 Å². The summed E-state index contributed by atoms with van der Waals surface area (Å²) in [6.45, 7) is 10.6. The highest BCUT2D eigenvalue weighted by Gasteiger charge is 2.27. The Hall–Kier alpha value is -3.61. The second-order valence-electron chi connectivity index (χ2n) is 10.4. The van der Waals surface area contributed by atoms with Gasteiger partial charge in [-0.25, -0.2) is 14.2 Å². The molecular weight excluding hydrogens is 465 g/mol. The molecule has 1 aromatic heterocycles. The number of carbonyl (C=O) groups excluding carboxylic acids is 1. The Morgan fingerprint density at radius 1 is 1.36 bits per heavy atom. The fourth-order valence-electron chi connectivity index (χ4n) is 3.94. The topological polar surface area (TPSA) is 109 Å². The van der Waals surface area contributed by atoms with Gasteiger partial charge in [0.2, 0.25) is 11.7 Å². The standard InChI is InChI=1S/C26H34FN5O4/c1-17(2)16-35-22-13-29-24(31-10-6-7-21(15-31)30-25(34)36-26(3,4)5)32(23(22)33)14-19-11-20(27)9-8-18(19)12-28/h8-9,11,13,17,21H,6-7,10,14-16H2,1-5H3,(H,30,34)/t21-/m0/s1. The molecule has 10 heteroatoms. The van der Waals surface area contributed by atoms with Crippen LogP contribution in [0.15, 0.2) is 29.2 Å². The van der Waals surface area contributed by atoms with Crippen molar-refractivity contribution in [2.45, 2.75) is 65.6 Å². The van der Waals surface area contributed by atoms with Crippen LogP contribution >= 0.6 is 0 Å². The average Bonchev–Trinajstić information content (AvgIpc) is 2.78. The van der Waals surface area contributed by atoms with Gasteiger partial charge in [-0.1, -0.05) is 13.8 Å². The summed E-state index contributed by atoms with van der Waals surface area (Å²) < 4.78 is 26.5. The molecular formula is C26H34FN5O4. The molecule has 1 amide bonds. The van der Waals surface area contributed by atoms with Crippen LogP contribution in [-0.2, 0) is 11.3 Å². The van der Waals surface area contributed by atoms with E-state index in [0.717, 1.165) is 12.8 Å². The van der Waals surface area contributed by atoms with Crippen LogP contribution < -0.4 is 20.5 Å². The first-order chi connectivity index (χ1) is 17.0. The van der Waals surface area contributed by atoms with E-state index >= 15 is 0 Å². The monoisotopic (exact) mass is 499 g/mol. The lowest BCUT2D eigenvalue weighted by Gasteiger charge is -2.35. The van der Waals surface area contributed by atoms with Crippen LogP contribution in [0.2, 0.25) is 0 Å². The first kappa shape index (κ1) is 27.0. The van der Waals surface area contributed by atoms with Crippen LogP contribution in [-0.4, -0.2) is 47.0 Å². The van der Waals surface area contributed by atoms with Gasteiger partial charge in [0, 0.05) is 19.1 Å². The molecule has 0 bridgehead atoms. The maximum Gasteiger partial charge on any atom is 0.407 e. The number of amides is 1. The number of halogens is 1. The van der Waals surface area contributed by atoms with E-state index in [0.29, 0.717) is 31.2 Å². The lowest BCUT2D eigenvalue weighted by molar-refractivity contribution is 0.0499. The van der Waals surface area contributed by atoms with Crippen LogP contribution in [0, 0.1) is 23.1 Å². The smallest absolute Gasteiger partial charge is 0.407 e. The summed E-state index contributed by atoms with van der Waals surface area (Å²) in [7, 11) is 0. The molecule has 0 spiro atoms. The quantitative estimate of drug-likeness (QED) is 0.617. The van der Waals surface area contributed by atoms with Gasteiger partial charge in [0.15, 0.2) is 0 Å². The van der Waals surface area contributed by atoms with E-state index in [1.165, 1.54) is 29.0 Å². The summed E-state index contributed by atoms with van der Waals surface area (Å²) >= 11 is 0. The van der Waals surface area contributed by atoms with E-state index in [1.54, 1.807) is 20.8 Å². The number of aromatic nitrogens is 2. The number of alkyl carbamates (subject to hydrolysis) is 1. The molecule has 0 aliphatic carbocycles. The number of rotatable bonds is 7. The minimum absolute atomic E-state index is 0.0542. The molecule has 3 rings (SSSR count). The highest BCUT2D eigenvalue weighted by atomic mass is 19.1. The third-order valence-electron chi connectivity index (χ3n) is 5.51. The first-order valence-electron chi connectivity index (χ1n) is 12.1. The summed E-state index contributed by atoms with van der Waals surface area (Å²) in [5.74, 6) is 0.148. The van der Waals surface area contributed by atoms with Crippen molar-refractivity contribution in [2.24, 2.45) is 5.92 Å². The van der Waals surface area contributed by atoms with Gasteiger partial charge in [-0.3, -0.25) is 9.36 Å². The number of hydrogen-bond acceptors (Lipinski definition) is 7. The molecule has 36 heavy (non-hydrogen) atoms. The SMILES string of the molecule is CC(C)COc1cnc(N2CCC[C@H](NC(=O)OC(C)(C)C)C2)n(Cc2cc(F)ccc2C#N)c1=O. The molecule has 0 unspecified atom stereocenters. The number of carbonyl (C=O) groups is 1. The lowest BCUT2D eigenvalue weighted by Crippen LogP contribution is -2.50. The summed E-state index contributed by atoms with van der Waals surface area (Å²) in [6, 6.07) is 5.70. The largest absolute Gasteiger partial charge is 0.486 e. The van der Waals surface area contributed by atoms with Crippen molar-refractivity contribution < 1.29 is 18.7 Å². The zero-order valence-corrected chi connectivity index (χ0v) is 21.5. The van der Waals surface area contributed by atoms with Crippen LogP contribution in [0.25, 0.3) is 0 Å². The summed E-state index contributed by atoms with van der Waals surface area (Å²) in [6.07, 6.45) is 2.40. The Kier molecular flexibility index (Phi) is 8.56. The second kappa shape index (κ2) is 11.4. The molecule has 1 aliphatic heterocycles. The number of nitrogens with one attached hydrogen (secondary N) is 1. The predicted molar refractivity (Wildman–Crippen MR) is 134 cm³/mol. The van der Waals surface area contributed by atoms with Gasteiger partial charge in [0.25, 0.3) is 5.56 Å². The number of anilines is 1. The zero-order chi connectivity index (χ0) is 26.5. The van der Waals surface area contributed by atoms with Gasteiger partial charge in [-0.05, 0) is 63.3 Å². The Balaban J connectivity index is 1.94. The minimum Gasteiger partial charge on any atom is -0.486 e. The lowest BCUT2D eigenvalue weighted by atomic mass is 10.1. The molecule has 9 nitrogen and oxygen atoms in total. The van der Waals surface area contributed by atoms with Gasteiger partial charge < -0.3 is 19.7 Å². The van der Waals surface area contributed by atoms with Gasteiger partial charge in [-0.15, -0.1) is 0 Å². The number of nitriles is 1. The van der Waals surface area contributed by atoms with Crippen molar-refractivity contribution in [2.75, 3.05) is 24.6 Å². The fourth-order valence-corrected chi connectivity index (χ4v) is 3.94. The number of hydrogen-bond donors (Lipinski definition) is 1. The van der Waals surface area contributed by atoms with Crippen molar-refractivity contribution in [1.82, 2.24) is 14.9 Å². The van der Waals surface area contributed by atoms with Crippen molar-refractivity contribution in [1.29, 1.82) is 5.26 Å². The van der Waals surface area contributed by atoms with E-state index in [1.807, 2.05) is 18.7 Å². The Morgan fingerprint density at radius 2 is 2.11 bits per heavy atom. The number of benzene rings is 1. The third kappa shape index (κ3) is 7.20. The van der Waals surface area contributed by atoms with Crippen LogP contribution in [0.5, 0.6) is 5.75 Å². The van der Waals surface area contributed by atoms with Gasteiger partial charge in [0.05, 0.1) is 31.0 Å².